The molecular formula is C12H9ClIN3O. The van der Waals surface area contributed by atoms with Gasteiger partial charge in [-0.3, -0.25) is 10.1 Å². The van der Waals surface area contributed by atoms with Gasteiger partial charge in [0.25, 0.3) is 5.91 Å². The Balaban J connectivity index is 2.18. The van der Waals surface area contributed by atoms with Crippen LogP contribution in [0.2, 0.25) is 5.15 Å². The van der Waals surface area contributed by atoms with Crippen molar-refractivity contribution in [1.29, 1.82) is 0 Å². The van der Waals surface area contributed by atoms with Gasteiger partial charge in [0.15, 0.2) is 0 Å². The van der Waals surface area contributed by atoms with E-state index < -0.39 is 0 Å². The van der Waals surface area contributed by atoms with Gasteiger partial charge in [-0.2, -0.15) is 0 Å². The molecule has 6 heteroatoms. The lowest BCUT2D eigenvalue weighted by atomic mass is 10.2. The van der Waals surface area contributed by atoms with Crippen molar-refractivity contribution in [2.24, 2.45) is 0 Å². The summed E-state index contributed by atoms with van der Waals surface area (Å²) < 4.78 is 1.07. The molecule has 0 saturated heterocycles. The Bertz CT molecular complexity index is 566. The number of aryl methyl sites for hydroxylation is 1. The van der Waals surface area contributed by atoms with Crippen LogP contribution in [0.25, 0.3) is 0 Å². The maximum absolute atomic E-state index is 11.9. The molecule has 0 saturated carbocycles. The first-order valence-corrected chi connectivity index (χ1v) is 6.58. The second-order valence-electron chi connectivity index (χ2n) is 3.62. The monoisotopic (exact) mass is 373 g/mol. The van der Waals surface area contributed by atoms with E-state index >= 15 is 0 Å². The highest BCUT2D eigenvalue weighted by atomic mass is 127. The quantitative estimate of drug-likeness (QED) is 0.649. The van der Waals surface area contributed by atoms with E-state index in [2.05, 4.69) is 37.9 Å². The van der Waals surface area contributed by atoms with Gasteiger partial charge >= 0.3 is 0 Å². The first kappa shape index (κ1) is 13.2. The molecule has 4 nitrogen and oxygen atoms in total. The van der Waals surface area contributed by atoms with Gasteiger partial charge in [0.1, 0.15) is 5.15 Å². The summed E-state index contributed by atoms with van der Waals surface area (Å²) in [6.45, 7) is 1.79. The summed E-state index contributed by atoms with van der Waals surface area (Å²) in [5.41, 5.74) is 1.25. The van der Waals surface area contributed by atoms with Crippen molar-refractivity contribution < 1.29 is 4.79 Å². The molecule has 1 amide bonds. The summed E-state index contributed by atoms with van der Waals surface area (Å²) >= 11 is 7.98. The maximum Gasteiger partial charge on any atom is 0.258 e. The minimum atomic E-state index is -0.256. The molecule has 1 aromatic carbocycles. The third kappa shape index (κ3) is 3.39. The Morgan fingerprint density at radius 3 is 2.56 bits per heavy atom. The van der Waals surface area contributed by atoms with Gasteiger partial charge in [0, 0.05) is 14.8 Å². The van der Waals surface area contributed by atoms with Crippen LogP contribution in [-0.4, -0.2) is 15.9 Å². The Kier molecular flexibility index (Phi) is 4.13. The zero-order valence-corrected chi connectivity index (χ0v) is 12.4. The molecule has 1 heterocycles. The van der Waals surface area contributed by atoms with Gasteiger partial charge < -0.3 is 0 Å². The molecule has 1 aromatic heterocycles. The number of rotatable bonds is 2. The van der Waals surface area contributed by atoms with Crippen molar-refractivity contribution in [3.63, 3.8) is 0 Å². The first-order chi connectivity index (χ1) is 8.54. The molecule has 0 bridgehead atoms. The highest BCUT2D eigenvalue weighted by Gasteiger charge is 2.08. The second-order valence-corrected chi connectivity index (χ2v) is 5.25. The van der Waals surface area contributed by atoms with Gasteiger partial charge in [0.2, 0.25) is 5.95 Å². The fourth-order valence-corrected chi connectivity index (χ4v) is 1.96. The number of benzene rings is 1. The normalized spacial score (nSPS) is 10.2. The highest BCUT2D eigenvalue weighted by molar-refractivity contribution is 14.1. The van der Waals surface area contributed by atoms with Crippen LogP contribution in [0.3, 0.4) is 0 Å². The van der Waals surface area contributed by atoms with Gasteiger partial charge in [0.05, 0.1) is 0 Å². The lowest BCUT2D eigenvalue weighted by molar-refractivity contribution is 0.102. The predicted octanol–water partition coefficient (Wildman–Crippen LogP) is 3.30. The van der Waals surface area contributed by atoms with E-state index in [4.69, 9.17) is 11.6 Å². The third-order valence-corrected chi connectivity index (χ3v) is 3.07. The molecule has 0 atom stereocenters. The van der Waals surface area contributed by atoms with E-state index in [1.807, 2.05) is 12.1 Å². The van der Waals surface area contributed by atoms with Crippen LogP contribution in [0.15, 0.2) is 30.3 Å². The highest BCUT2D eigenvalue weighted by Crippen LogP contribution is 2.12. The van der Waals surface area contributed by atoms with Gasteiger partial charge in [-0.25, -0.2) is 9.97 Å². The number of nitrogens with zero attached hydrogens (tertiary/aromatic N) is 2. The van der Waals surface area contributed by atoms with Crippen LogP contribution < -0.4 is 5.32 Å². The van der Waals surface area contributed by atoms with E-state index in [-0.39, 0.29) is 11.9 Å². The van der Waals surface area contributed by atoms with Crippen molar-refractivity contribution >= 4 is 46.0 Å². The van der Waals surface area contributed by atoms with E-state index in [1.165, 1.54) is 0 Å². The molecule has 2 rings (SSSR count). The molecule has 2 aromatic rings. The summed E-state index contributed by atoms with van der Waals surface area (Å²) in [7, 11) is 0. The largest absolute Gasteiger partial charge is 0.290 e. The van der Waals surface area contributed by atoms with E-state index in [9.17, 15) is 4.79 Å². The SMILES string of the molecule is Cc1cc(Cl)nc(NC(=O)c2ccc(I)cc2)n1. The molecule has 0 aliphatic heterocycles. The molecule has 1 N–H and O–H groups in total. The third-order valence-electron chi connectivity index (χ3n) is 2.15. The number of anilines is 1. The minimum absolute atomic E-state index is 0.212. The lowest BCUT2D eigenvalue weighted by Gasteiger charge is -2.05. The predicted molar refractivity (Wildman–Crippen MR) is 78.9 cm³/mol. The second kappa shape index (κ2) is 5.62. The number of amides is 1. The van der Waals surface area contributed by atoms with Gasteiger partial charge in [-0.1, -0.05) is 11.6 Å². The number of hydrogen-bond acceptors (Lipinski definition) is 3. The van der Waals surface area contributed by atoms with Crippen molar-refractivity contribution in [1.82, 2.24) is 9.97 Å². The van der Waals surface area contributed by atoms with Gasteiger partial charge in [-0.15, -0.1) is 0 Å². The Morgan fingerprint density at radius 2 is 1.94 bits per heavy atom. The Morgan fingerprint density at radius 1 is 1.28 bits per heavy atom. The number of carbonyl (C=O) groups is 1. The van der Waals surface area contributed by atoms with Crippen LogP contribution >= 0.6 is 34.2 Å². The maximum atomic E-state index is 11.9. The molecule has 0 fully saturated rings. The van der Waals surface area contributed by atoms with E-state index in [1.54, 1.807) is 25.1 Å². The fourth-order valence-electron chi connectivity index (χ4n) is 1.36. The van der Waals surface area contributed by atoms with Crippen molar-refractivity contribution in [3.8, 4) is 0 Å². The molecular weight excluding hydrogens is 365 g/mol. The number of hydrogen-bond donors (Lipinski definition) is 1. The summed E-state index contributed by atoms with van der Waals surface area (Å²) in [5, 5.41) is 2.92. The van der Waals surface area contributed by atoms with Crippen LogP contribution in [0.4, 0.5) is 5.95 Å². The fraction of sp³-hybridized carbons (Fsp3) is 0.0833. The van der Waals surface area contributed by atoms with E-state index in [0.717, 1.165) is 3.57 Å². The average Bonchev–Trinajstić information content (AvgIpc) is 2.28. The molecule has 0 unspecified atom stereocenters. The molecule has 18 heavy (non-hydrogen) atoms. The Labute approximate surface area is 123 Å². The number of nitrogens with one attached hydrogen (secondary N) is 1. The number of halogens is 2. The number of carbonyl (C=O) groups excluding carboxylic acids is 1. The zero-order chi connectivity index (χ0) is 13.1. The Hall–Kier alpha value is -1.21. The first-order valence-electron chi connectivity index (χ1n) is 5.13. The van der Waals surface area contributed by atoms with Crippen LogP contribution in [0.1, 0.15) is 16.1 Å². The van der Waals surface area contributed by atoms with Crippen molar-refractivity contribution in [3.05, 3.63) is 50.3 Å². The summed E-state index contributed by atoms with van der Waals surface area (Å²) in [6, 6.07) is 8.84. The molecule has 0 spiro atoms. The zero-order valence-electron chi connectivity index (χ0n) is 9.45. The van der Waals surface area contributed by atoms with Crippen molar-refractivity contribution in [2.75, 3.05) is 5.32 Å². The van der Waals surface area contributed by atoms with E-state index in [0.29, 0.717) is 16.4 Å². The lowest BCUT2D eigenvalue weighted by Crippen LogP contribution is -2.14. The summed E-state index contributed by atoms with van der Waals surface area (Å²) in [5.74, 6) is -0.0448. The topological polar surface area (TPSA) is 54.9 Å². The molecule has 92 valence electrons. The van der Waals surface area contributed by atoms with Crippen molar-refractivity contribution in [2.45, 2.75) is 6.92 Å². The minimum Gasteiger partial charge on any atom is -0.290 e. The van der Waals surface area contributed by atoms with Crippen LogP contribution in [0.5, 0.6) is 0 Å². The molecule has 0 aliphatic rings. The standard InChI is InChI=1S/C12H9ClIN3O/c1-7-6-10(13)16-12(15-7)17-11(18)8-2-4-9(14)5-3-8/h2-6H,1H3,(H,15,16,17,18). The number of aromatic nitrogens is 2. The van der Waals surface area contributed by atoms with Gasteiger partial charge in [-0.05, 0) is 59.8 Å². The summed E-state index contributed by atoms with van der Waals surface area (Å²) in [6.07, 6.45) is 0. The smallest absolute Gasteiger partial charge is 0.258 e. The molecule has 0 aliphatic carbocycles. The van der Waals surface area contributed by atoms with Crippen LogP contribution in [0, 0.1) is 10.5 Å². The summed E-state index contributed by atoms with van der Waals surface area (Å²) in [4.78, 5) is 19.9. The average molecular weight is 374 g/mol. The van der Waals surface area contributed by atoms with Crippen LogP contribution in [-0.2, 0) is 0 Å². The molecule has 0 radical (unpaired) electrons.